The Morgan fingerprint density at radius 3 is 2.34 bits per heavy atom. The molecule has 0 aromatic heterocycles. The number of benzene rings is 2. The van der Waals surface area contributed by atoms with Crippen molar-refractivity contribution in [1.82, 2.24) is 10.2 Å². The van der Waals surface area contributed by atoms with Crippen LogP contribution in [0.4, 0.5) is 4.79 Å². The summed E-state index contributed by atoms with van der Waals surface area (Å²) in [4.78, 5) is 27.3. The number of hydrogen-bond acceptors (Lipinski definition) is 4. The zero-order chi connectivity index (χ0) is 21.0. The summed E-state index contributed by atoms with van der Waals surface area (Å²) >= 11 is 0. The van der Waals surface area contributed by atoms with Crippen molar-refractivity contribution in [3.8, 4) is 5.75 Å². The predicted octanol–water partition coefficient (Wildman–Crippen LogP) is 3.67. The standard InChI is InChI=1S/C23H28N2O4/c1-23(2,3)29-22(27)25-15-18-8-6-5-7-17(18)13-20(25)21(26)24-14-16-9-11-19(28-4)12-10-16/h5-12,20H,13-15H2,1-4H3,(H,24,26). The number of nitrogens with zero attached hydrogens (tertiary/aromatic N) is 1. The summed E-state index contributed by atoms with van der Waals surface area (Å²) in [5, 5.41) is 2.96. The molecule has 1 N–H and O–H groups in total. The molecule has 0 radical (unpaired) electrons. The van der Waals surface area contributed by atoms with E-state index < -0.39 is 17.7 Å². The Balaban J connectivity index is 1.75. The van der Waals surface area contributed by atoms with Crippen molar-refractivity contribution in [3.05, 3.63) is 65.2 Å². The van der Waals surface area contributed by atoms with Gasteiger partial charge in [0.1, 0.15) is 17.4 Å². The number of carbonyl (C=O) groups is 2. The summed E-state index contributed by atoms with van der Waals surface area (Å²) in [5.74, 6) is 0.571. The van der Waals surface area contributed by atoms with Crippen LogP contribution in [0, 0.1) is 0 Å². The van der Waals surface area contributed by atoms with Crippen molar-refractivity contribution in [2.24, 2.45) is 0 Å². The quantitative estimate of drug-likeness (QED) is 0.856. The molecule has 2 aromatic rings. The van der Waals surface area contributed by atoms with Gasteiger partial charge in [-0.2, -0.15) is 0 Å². The van der Waals surface area contributed by atoms with Gasteiger partial charge in [-0.05, 0) is 49.6 Å². The Morgan fingerprint density at radius 1 is 1.07 bits per heavy atom. The number of rotatable bonds is 4. The van der Waals surface area contributed by atoms with E-state index in [9.17, 15) is 9.59 Å². The van der Waals surface area contributed by atoms with Gasteiger partial charge in [0.2, 0.25) is 5.91 Å². The molecule has 1 aliphatic heterocycles. The van der Waals surface area contributed by atoms with Crippen LogP contribution in [0.5, 0.6) is 5.75 Å². The number of amides is 2. The molecule has 0 saturated heterocycles. The molecule has 2 amide bonds. The second-order valence-electron chi connectivity index (χ2n) is 8.16. The van der Waals surface area contributed by atoms with E-state index >= 15 is 0 Å². The highest BCUT2D eigenvalue weighted by Crippen LogP contribution is 2.25. The molecule has 0 saturated carbocycles. The van der Waals surface area contributed by atoms with Crippen molar-refractivity contribution >= 4 is 12.0 Å². The molecule has 3 rings (SSSR count). The van der Waals surface area contributed by atoms with E-state index in [1.807, 2.05) is 69.3 Å². The van der Waals surface area contributed by atoms with Gasteiger partial charge in [-0.25, -0.2) is 4.79 Å². The number of carbonyl (C=O) groups excluding carboxylic acids is 2. The van der Waals surface area contributed by atoms with Crippen LogP contribution in [0.3, 0.4) is 0 Å². The zero-order valence-corrected chi connectivity index (χ0v) is 17.4. The fourth-order valence-electron chi connectivity index (χ4n) is 3.32. The van der Waals surface area contributed by atoms with Crippen molar-refractivity contribution in [2.45, 2.75) is 51.9 Å². The Morgan fingerprint density at radius 2 is 1.72 bits per heavy atom. The Bertz CT molecular complexity index is 871. The Hall–Kier alpha value is -3.02. The van der Waals surface area contributed by atoms with Crippen LogP contribution in [0.25, 0.3) is 0 Å². The summed E-state index contributed by atoms with van der Waals surface area (Å²) in [6, 6.07) is 14.8. The molecule has 6 heteroatoms. The lowest BCUT2D eigenvalue weighted by atomic mass is 9.93. The zero-order valence-electron chi connectivity index (χ0n) is 17.4. The lowest BCUT2D eigenvalue weighted by Crippen LogP contribution is -2.53. The van der Waals surface area contributed by atoms with Crippen LogP contribution in [0.2, 0.25) is 0 Å². The molecule has 0 spiro atoms. The number of nitrogens with one attached hydrogen (secondary N) is 1. The molecular weight excluding hydrogens is 368 g/mol. The van der Waals surface area contributed by atoms with E-state index in [-0.39, 0.29) is 5.91 Å². The molecular formula is C23H28N2O4. The number of hydrogen-bond donors (Lipinski definition) is 1. The number of ether oxygens (including phenoxy) is 2. The maximum absolute atomic E-state index is 13.0. The molecule has 1 unspecified atom stereocenters. The van der Waals surface area contributed by atoms with Crippen LogP contribution in [-0.4, -0.2) is 35.7 Å². The van der Waals surface area contributed by atoms with E-state index in [4.69, 9.17) is 9.47 Å². The third-order valence-electron chi connectivity index (χ3n) is 4.81. The van der Waals surface area contributed by atoms with Crippen LogP contribution in [-0.2, 0) is 29.0 Å². The first-order valence-electron chi connectivity index (χ1n) is 9.74. The molecule has 2 aromatic carbocycles. The first-order chi connectivity index (χ1) is 13.8. The summed E-state index contributed by atoms with van der Waals surface area (Å²) in [5.41, 5.74) is 2.45. The van der Waals surface area contributed by atoms with Gasteiger partial charge in [0.25, 0.3) is 0 Å². The largest absolute Gasteiger partial charge is 0.497 e. The smallest absolute Gasteiger partial charge is 0.411 e. The van der Waals surface area contributed by atoms with Crippen LogP contribution >= 0.6 is 0 Å². The van der Waals surface area contributed by atoms with Gasteiger partial charge in [-0.15, -0.1) is 0 Å². The van der Waals surface area contributed by atoms with Crippen LogP contribution in [0.15, 0.2) is 48.5 Å². The average molecular weight is 396 g/mol. The van der Waals surface area contributed by atoms with Crippen molar-refractivity contribution < 1.29 is 19.1 Å². The van der Waals surface area contributed by atoms with Gasteiger partial charge in [0, 0.05) is 13.0 Å². The minimum Gasteiger partial charge on any atom is -0.497 e. The van der Waals surface area contributed by atoms with E-state index in [0.717, 1.165) is 22.4 Å². The second kappa shape index (κ2) is 8.55. The summed E-state index contributed by atoms with van der Waals surface area (Å²) in [6.07, 6.45) is -0.0132. The Kier molecular flexibility index (Phi) is 6.11. The van der Waals surface area contributed by atoms with Gasteiger partial charge in [-0.3, -0.25) is 9.69 Å². The monoisotopic (exact) mass is 396 g/mol. The fourth-order valence-corrected chi connectivity index (χ4v) is 3.32. The maximum Gasteiger partial charge on any atom is 0.411 e. The van der Waals surface area contributed by atoms with Gasteiger partial charge in [-0.1, -0.05) is 36.4 Å². The highest BCUT2D eigenvalue weighted by Gasteiger charge is 2.36. The fraction of sp³-hybridized carbons (Fsp3) is 0.391. The number of fused-ring (bicyclic) bond motifs is 1. The van der Waals surface area contributed by atoms with Crippen LogP contribution in [0.1, 0.15) is 37.5 Å². The summed E-state index contributed by atoms with van der Waals surface area (Å²) in [7, 11) is 1.61. The van der Waals surface area contributed by atoms with Gasteiger partial charge >= 0.3 is 6.09 Å². The topological polar surface area (TPSA) is 67.9 Å². The number of methoxy groups -OCH3 is 1. The third-order valence-corrected chi connectivity index (χ3v) is 4.81. The first kappa shape index (κ1) is 20.7. The molecule has 29 heavy (non-hydrogen) atoms. The lowest BCUT2D eigenvalue weighted by molar-refractivity contribution is -0.127. The molecule has 0 bridgehead atoms. The first-order valence-corrected chi connectivity index (χ1v) is 9.74. The van der Waals surface area contributed by atoms with E-state index in [1.165, 1.54) is 4.90 Å². The molecule has 154 valence electrons. The maximum atomic E-state index is 13.0. The van der Waals surface area contributed by atoms with Gasteiger partial charge in [0.05, 0.1) is 13.7 Å². The minimum absolute atomic E-state index is 0.193. The Labute approximate surface area is 171 Å². The van der Waals surface area contributed by atoms with Crippen LogP contribution < -0.4 is 10.1 Å². The molecule has 1 aliphatic rings. The SMILES string of the molecule is COc1ccc(CNC(=O)C2Cc3ccccc3CN2C(=O)OC(C)(C)C)cc1. The normalized spacial score (nSPS) is 16.0. The highest BCUT2D eigenvalue weighted by atomic mass is 16.6. The molecule has 1 atom stereocenters. The lowest BCUT2D eigenvalue weighted by Gasteiger charge is -2.36. The minimum atomic E-state index is -0.627. The molecule has 1 heterocycles. The predicted molar refractivity (Wildman–Crippen MR) is 111 cm³/mol. The van der Waals surface area contributed by atoms with Gasteiger partial charge in [0.15, 0.2) is 0 Å². The van der Waals surface area contributed by atoms with E-state index in [0.29, 0.717) is 19.5 Å². The van der Waals surface area contributed by atoms with Gasteiger partial charge < -0.3 is 14.8 Å². The van der Waals surface area contributed by atoms with Crippen molar-refractivity contribution in [1.29, 1.82) is 0 Å². The molecule has 0 aliphatic carbocycles. The highest BCUT2D eigenvalue weighted by molar-refractivity contribution is 5.86. The van der Waals surface area contributed by atoms with E-state index in [1.54, 1.807) is 7.11 Å². The average Bonchev–Trinajstić information content (AvgIpc) is 2.70. The van der Waals surface area contributed by atoms with Crippen molar-refractivity contribution in [2.75, 3.05) is 7.11 Å². The molecule has 6 nitrogen and oxygen atoms in total. The second-order valence-corrected chi connectivity index (χ2v) is 8.16. The summed E-state index contributed by atoms with van der Waals surface area (Å²) in [6.45, 7) is 6.19. The van der Waals surface area contributed by atoms with Crippen molar-refractivity contribution in [3.63, 3.8) is 0 Å². The summed E-state index contributed by atoms with van der Waals surface area (Å²) < 4.78 is 10.7. The third kappa shape index (κ3) is 5.28. The molecule has 0 fully saturated rings. The van der Waals surface area contributed by atoms with E-state index in [2.05, 4.69) is 5.32 Å².